The van der Waals surface area contributed by atoms with E-state index >= 15 is 0 Å². The number of nitrogens with one attached hydrogen (secondary N) is 1. The van der Waals surface area contributed by atoms with Crippen LogP contribution in [0.3, 0.4) is 0 Å². The van der Waals surface area contributed by atoms with Gasteiger partial charge in [-0.2, -0.15) is 13.2 Å². The van der Waals surface area contributed by atoms with E-state index in [0.717, 1.165) is 17.3 Å². The summed E-state index contributed by atoms with van der Waals surface area (Å²) < 4.78 is 71.3. The molecule has 1 amide bonds. The average Bonchev–Trinajstić information content (AvgIpc) is 2.51. The summed E-state index contributed by atoms with van der Waals surface area (Å²) >= 11 is 0. The maximum absolute atomic E-state index is 12.3. The van der Waals surface area contributed by atoms with Crippen molar-refractivity contribution in [2.45, 2.75) is 24.1 Å². The summed E-state index contributed by atoms with van der Waals surface area (Å²) in [7, 11) is 0.0892. The van der Waals surface area contributed by atoms with Crippen LogP contribution in [0, 0.1) is 0 Å². The van der Waals surface area contributed by atoms with E-state index in [0.29, 0.717) is 0 Å². The van der Waals surface area contributed by atoms with Crippen molar-refractivity contribution in [2.24, 2.45) is 0 Å². The van der Waals surface area contributed by atoms with Gasteiger partial charge in [0.2, 0.25) is 10.0 Å². The van der Waals surface area contributed by atoms with Crippen molar-refractivity contribution >= 4 is 21.6 Å². The van der Waals surface area contributed by atoms with E-state index in [4.69, 9.17) is 4.74 Å². The maximum atomic E-state index is 12.3. The highest BCUT2D eigenvalue weighted by molar-refractivity contribution is 7.89. The Hall–Kier alpha value is -1.85. The number of ether oxygens (including phenoxy) is 2. The van der Waals surface area contributed by atoms with Crippen molar-refractivity contribution < 1.29 is 35.9 Å². The number of nitrogens with zero attached hydrogens (tertiary/aromatic N) is 1. The number of halogens is 3. The van der Waals surface area contributed by atoms with Crippen molar-refractivity contribution in [3.8, 4) is 5.75 Å². The van der Waals surface area contributed by atoms with E-state index in [1.807, 2.05) is 0 Å². The second-order valence-electron chi connectivity index (χ2n) is 5.21. The van der Waals surface area contributed by atoms with Crippen LogP contribution in [0.15, 0.2) is 23.1 Å². The summed E-state index contributed by atoms with van der Waals surface area (Å²) in [6, 6.07) is 3.84. The van der Waals surface area contributed by atoms with Crippen LogP contribution in [0.2, 0.25) is 0 Å². The van der Waals surface area contributed by atoms with Gasteiger partial charge >= 0.3 is 6.18 Å². The van der Waals surface area contributed by atoms with Crippen molar-refractivity contribution in [3.63, 3.8) is 0 Å². The fraction of sp³-hybridized carbons (Fsp3) is 0.500. The maximum Gasteiger partial charge on any atom is 0.411 e. The van der Waals surface area contributed by atoms with Crippen LogP contribution in [0.4, 0.5) is 18.9 Å². The Morgan fingerprint density at radius 3 is 2.40 bits per heavy atom. The Morgan fingerprint density at radius 2 is 1.92 bits per heavy atom. The number of methoxy groups -OCH3 is 1. The van der Waals surface area contributed by atoms with E-state index < -0.39 is 34.8 Å². The summed E-state index contributed by atoms with van der Waals surface area (Å²) in [4.78, 5) is 11.7. The van der Waals surface area contributed by atoms with E-state index in [1.54, 1.807) is 0 Å². The third-order valence-electron chi connectivity index (χ3n) is 3.06. The number of sulfonamides is 1. The normalized spacial score (nSPS) is 13.6. The predicted octanol–water partition coefficient (Wildman–Crippen LogP) is 1.85. The lowest BCUT2D eigenvalue weighted by molar-refractivity contribution is -0.184. The van der Waals surface area contributed by atoms with Gasteiger partial charge in [-0.15, -0.1) is 0 Å². The molecule has 142 valence electrons. The molecule has 0 saturated carbocycles. The van der Waals surface area contributed by atoms with E-state index in [2.05, 4.69) is 10.1 Å². The topological polar surface area (TPSA) is 84.9 Å². The van der Waals surface area contributed by atoms with Crippen molar-refractivity contribution in [1.82, 2.24) is 4.31 Å². The van der Waals surface area contributed by atoms with Gasteiger partial charge in [0.25, 0.3) is 5.91 Å². The van der Waals surface area contributed by atoms with Crippen LogP contribution in [-0.4, -0.2) is 58.7 Å². The molecule has 0 aliphatic heterocycles. The fourth-order valence-corrected chi connectivity index (χ4v) is 2.77. The third-order valence-corrected chi connectivity index (χ3v) is 4.89. The van der Waals surface area contributed by atoms with Gasteiger partial charge in [0, 0.05) is 19.8 Å². The van der Waals surface area contributed by atoms with Crippen LogP contribution >= 0.6 is 0 Å². The quantitative estimate of drug-likeness (QED) is 0.776. The minimum Gasteiger partial charge on any atom is -0.495 e. The molecule has 0 heterocycles. The molecule has 0 aliphatic rings. The first-order valence-corrected chi connectivity index (χ1v) is 8.42. The number of hydrogen-bond acceptors (Lipinski definition) is 5. The molecule has 0 bridgehead atoms. The van der Waals surface area contributed by atoms with Gasteiger partial charge in [0.1, 0.15) is 23.4 Å². The minimum atomic E-state index is -4.55. The molecule has 11 heteroatoms. The number of rotatable bonds is 7. The number of alkyl halides is 3. The number of anilines is 1. The van der Waals surface area contributed by atoms with Crippen LogP contribution in [0.5, 0.6) is 5.75 Å². The van der Waals surface area contributed by atoms with E-state index in [1.165, 1.54) is 33.3 Å². The average molecular weight is 384 g/mol. The number of hydrogen-bond donors (Lipinski definition) is 1. The second kappa shape index (κ2) is 8.02. The minimum absolute atomic E-state index is 0.0630. The third kappa shape index (κ3) is 5.87. The molecule has 25 heavy (non-hydrogen) atoms. The Balaban J connectivity index is 2.99. The summed E-state index contributed by atoms with van der Waals surface area (Å²) in [5.74, 6) is -0.782. The van der Waals surface area contributed by atoms with Gasteiger partial charge in [-0.3, -0.25) is 4.79 Å². The number of amides is 1. The number of benzene rings is 1. The molecule has 1 rings (SSSR count). The Bertz CT molecular complexity index is 720. The molecule has 1 atom stereocenters. The molecule has 1 aromatic rings. The standard InChI is InChI=1S/C14H19F3N2O5S/c1-9(24-8-14(15,16)17)13(20)18-10-5-6-11(23-4)12(7-10)25(21,22)19(2)3/h5-7,9H,8H2,1-4H3,(H,18,20)/t9-/m1/s1. The van der Waals surface area contributed by atoms with Gasteiger partial charge in [-0.05, 0) is 25.1 Å². The highest BCUT2D eigenvalue weighted by Gasteiger charge is 2.30. The molecule has 0 fully saturated rings. The zero-order valence-electron chi connectivity index (χ0n) is 14.0. The first-order valence-electron chi connectivity index (χ1n) is 6.98. The first kappa shape index (κ1) is 21.2. The van der Waals surface area contributed by atoms with Crippen molar-refractivity contribution in [3.05, 3.63) is 18.2 Å². The summed E-state index contributed by atoms with van der Waals surface area (Å²) in [5, 5.41) is 2.31. The van der Waals surface area contributed by atoms with Crippen LogP contribution in [0.25, 0.3) is 0 Å². The smallest absolute Gasteiger partial charge is 0.411 e. The lowest BCUT2D eigenvalue weighted by Gasteiger charge is -2.17. The van der Waals surface area contributed by atoms with Crippen molar-refractivity contribution in [1.29, 1.82) is 0 Å². The molecule has 1 N–H and O–H groups in total. The highest BCUT2D eigenvalue weighted by Crippen LogP contribution is 2.29. The molecule has 0 spiro atoms. The molecule has 0 saturated heterocycles. The predicted molar refractivity (Wildman–Crippen MR) is 84.0 cm³/mol. The fourth-order valence-electron chi connectivity index (χ4n) is 1.69. The summed E-state index contributed by atoms with van der Waals surface area (Å²) in [6.07, 6.45) is -5.93. The molecule has 0 radical (unpaired) electrons. The second-order valence-corrected chi connectivity index (χ2v) is 7.33. The molecular formula is C14H19F3N2O5S. The summed E-state index contributed by atoms with van der Waals surface area (Å²) in [5.41, 5.74) is 0.0775. The summed E-state index contributed by atoms with van der Waals surface area (Å²) in [6.45, 7) is -0.410. The largest absolute Gasteiger partial charge is 0.495 e. The lowest BCUT2D eigenvalue weighted by atomic mass is 10.2. The van der Waals surface area contributed by atoms with Gasteiger partial charge in [0.15, 0.2) is 0 Å². The zero-order valence-corrected chi connectivity index (χ0v) is 14.9. The number of carbonyl (C=O) groups excluding carboxylic acids is 1. The number of carbonyl (C=O) groups is 1. The van der Waals surface area contributed by atoms with Crippen LogP contribution < -0.4 is 10.1 Å². The van der Waals surface area contributed by atoms with Crippen LogP contribution in [0.1, 0.15) is 6.92 Å². The Kier molecular flexibility index (Phi) is 6.80. The first-order chi connectivity index (χ1) is 11.4. The molecule has 0 aromatic heterocycles. The molecule has 0 aliphatic carbocycles. The molecule has 1 aromatic carbocycles. The van der Waals surface area contributed by atoms with Crippen LogP contribution in [-0.2, 0) is 19.6 Å². The van der Waals surface area contributed by atoms with Gasteiger partial charge in [-0.25, -0.2) is 12.7 Å². The monoisotopic (exact) mass is 384 g/mol. The van der Waals surface area contributed by atoms with E-state index in [-0.39, 0.29) is 16.3 Å². The molecule has 0 unspecified atom stereocenters. The van der Waals surface area contributed by atoms with E-state index in [9.17, 15) is 26.4 Å². The van der Waals surface area contributed by atoms with Gasteiger partial charge < -0.3 is 14.8 Å². The molecular weight excluding hydrogens is 365 g/mol. The van der Waals surface area contributed by atoms with Gasteiger partial charge in [-0.1, -0.05) is 0 Å². The van der Waals surface area contributed by atoms with Gasteiger partial charge in [0.05, 0.1) is 7.11 Å². The SMILES string of the molecule is COc1ccc(NC(=O)[C@@H](C)OCC(F)(F)F)cc1S(=O)(=O)N(C)C. The Labute approximate surface area is 143 Å². The Morgan fingerprint density at radius 1 is 1.32 bits per heavy atom. The van der Waals surface area contributed by atoms with Crippen molar-refractivity contribution in [2.75, 3.05) is 33.1 Å². The molecule has 7 nitrogen and oxygen atoms in total. The lowest BCUT2D eigenvalue weighted by Crippen LogP contribution is -2.31. The highest BCUT2D eigenvalue weighted by atomic mass is 32.2. The zero-order chi connectivity index (χ0) is 19.4.